The Morgan fingerprint density at radius 3 is 2.32 bits per heavy atom. The van der Waals surface area contributed by atoms with Crippen LogP contribution in [0.2, 0.25) is 10.0 Å². The van der Waals surface area contributed by atoms with Gasteiger partial charge in [0.05, 0.1) is 22.5 Å². The first-order valence-corrected chi connectivity index (χ1v) is 9.24. The molecule has 1 fully saturated rings. The molecule has 0 aliphatic carbocycles. The summed E-state index contributed by atoms with van der Waals surface area (Å²) < 4.78 is 0. The number of halogens is 2. The molecule has 1 saturated heterocycles. The number of piperazine rings is 1. The molecule has 1 aliphatic heterocycles. The Kier molecular flexibility index (Phi) is 7.11. The van der Waals surface area contributed by atoms with Crippen molar-refractivity contribution in [1.29, 1.82) is 0 Å². The minimum absolute atomic E-state index is 0.0209. The van der Waals surface area contributed by atoms with E-state index in [1.807, 2.05) is 20.9 Å². The van der Waals surface area contributed by atoms with Crippen molar-refractivity contribution in [3.05, 3.63) is 33.8 Å². The van der Waals surface area contributed by atoms with Crippen molar-refractivity contribution in [3.8, 4) is 0 Å². The fourth-order valence-corrected chi connectivity index (χ4v) is 3.29. The lowest BCUT2D eigenvalue weighted by atomic mass is 9.87. The molecule has 0 radical (unpaired) electrons. The van der Waals surface area contributed by atoms with Crippen LogP contribution < -0.4 is 5.32 Å². The maximum atomic E-state index is 12.7. The number of nitrogens with one attached hydrogen (secondary N) is 1. The molecular weight excluding hydrogens is 361 g/mol. The molecule has 1 N–H and O–H groups in total. The molecule has 1 unspecified atom stereocenters. The SMILES string of the molecule is CC(C)C(C(=O)NCC(=O)N1CCN(C)CC1)c1ccc(Cl)c(Cl)c1. The number of hydrogen-bond acceptors (Lipinski definition) is 3. The van der Waals surface area contributed by atoms with Crippen LogP contribution in [0.5, 0.6) is 0 Å². The van der Waals surface area contributed by atoms with Crippen molar-refractivity contribution in [1.82, 2.24) is 15.1 Å². The molecule has 138 valence electrons. The lowest BCUT2D eigenvalue weighted by molar-refractivity contribution is -0.134. The van der Waals surface area contributed by atoms with Gasteiger partial charge in [0.15, 0.2) is 0 Å². The van der Waals surface area contributed by atoms with Gasteiger partial charge in [0.1, 0.15) is 0 Å². The molecular formula is C18H25Cl2N3O2. The lowest BCUT2D eigenvalue weighted by Crippen LogP contribution is -2.50. The molecule has 0 bridgehead atoms. The minimum Gasteiger partial charge on any atom is -0.346 e. The smallest absolute Gasteiger partial charge is 0.242 e. The predicted octanol–water partition coefficient (Wildman–Crippen LogP) is 2.62. The Labute approximate surface area is 159 Å². The van der Waals surface area contributed by atoms with E-state index in [0.717, 1.165) is 18.7 Å². The molecule has 0 spiro atoms. The Hall–Kier alpha value is -1.30. The zero-order valence-corrected chi connectivity index (χ0v) is 16.4. The fourth-order valence-electron chi connectivity index (χ4n) is 2.99. The maximum Gasteiger partial charge on any atom is 0.242 e. The molecule has 2 amide bonds. The van der Waals surface area contributed by atoms with Gasteiger partial charge in [-0.1, -0.05) is 43.1 Å². The predicted molar refractivity (Wildman–Crippen MR) is 101 cm³/mol. The fraction of sp³-hybridized carbons (Fsp3) is 0.556. The van der Waals surface area contributed by atoms with Gasteiger partial charge in [-0.05, 0) is 30.7 Å². The van der Waals surface area contributed by atoms with E-state index in [0.29, 0.717) is 23.1 Å². The summed E-state index contributed by atoms with van der Waals surface area (Å²) in [4.78, 5) is 28.9. The number of hydrogen-bond donors (Lipinski definition) is 1. The molecule has 25 heavy (non-hydrogen) atoms. The van der Waals surface area contributed by atoms with Crippen LogP contribution in [0.15, 0.2) is 18.2 Å². The zero-order chi connectivity index (χ0) is 18.6. The first kappa shape index (κ1) is 20.0. The molecule has 0 saturated carbocycles. The van der Waals surface area contributed by atoms with E-state index in [-0.39, 0.29) is 30.2 Å². The minimum atomic E-state index is -0.380. The van der Waals surface area contributed by atoms with Crippen LogP contribution >= 0.6 is 23.2 Å². The number of benzene rings is 1. The second kappa shape index (κ2) is 8.88. The first-order chi connectivity index (χ1) is 11.8. The monoisotopic (exact) mass is 385 g/mol. The van der Waals surface area contributed by atoms with E-state index in [2.05, 4.69) is 10.2 Å². The van der Waals surface area contributed by atoms with E-state index >= 15 is 0 Å². The summed E-state index contributed by atoms with van der Waals surface area (Å²) >= 11 is 12.0. The standard InChI is InChI=1S/C18H25Cl2N3O2/c1-12(2)17(13-4-5-14(19)15(20)10-13)18(25)21-11-16(24)23-8-6-22(3)7-9-23/h4-5,10,12,17H,6-9,11H2,1-3H3,(H,21,25). The van der Waals surface area contributed by atoms with Crippen molar-refractivity contribution in [2.75, 3.05) is 39.8 Å². The summed E-state index contributed by atoms with van der Waals surface area (Å²) in [6.07, 6.45) is 0. The van der Waals surface area contributed by atoms with E-state index in [4.69, 9.17) is 23.2 Å². The topological polar surface area (TPSA) is 52.7 Å². The number of rotatable bonds is 5. The molecule has 1 aromatic rings. The van der Waals surface area contributed by atoms with E-state index < -0.39 is 0 Å². The van der Waals surface area contributed by atoms with Gasteiger partial charge in [-0.15, -0.1) is 0 Å². The molecule has 1 atom stereocenters. The van der Waals surface area contributed by atoms with Gasteiger partial charge in [0.2, 0.25) is 11.8 Å². The van der Waals surface area contributed by atoms with Gasteiger partial charge in [-0.2, -0.15) is 0 Å². The van der Waals surface area contributed by atoms with Gasteiger partial charge in [0.25, 0.3) is 0 Å². The lowest BCUT2D eigenvalue weighted by Gasteiger charge is -2.32. The summed E-state index contributed by atoms with van der Waals surface area (Å²) in [5.41, 5.74) is 0.800. The van der Waals surface area contributed by atoms with Gasteiger partial charge < -0.3 is 15.1 Å². The summed E-state index contributed by atoms with van der Waals surface area (Å²) in [6, 6.07) is 5.22. The van der Waals surface area contributed by atoms with E-state index in [1.54, 1.807) is 23.1 Å². The van der Waals surface area contributed by atoms with E-state index in [1.165, 1.54) is 0 Å². The number of nitrogens with zero attached hydrogens (tertiary/aromatic N) is 2. The van der Waals surface area contributed by atoms with Crippen LogP contribution in [0.25, 0.3) is 0 Å². The summed E-state index contributed by atoms with van der Waals surface area (Å²) in [5.74, 6) is -0.528. The first-order valence-electron chi connectivity index (χ1n) is 8.48. The second-order valence-corrected chi connectivity index (χ2v) is 7.61. The highest BCUT2D eigenvalue weighted by Crippen LogP contribution is 2.30. The highest BCUT2D eigenvalue weighted by atomic mass is 35.5. The van der Waals surface area contributed by atoms with Crippen LogP contribution in [0.4, 0.5) is 0 Å². The molecule has 1 aliphatic rings. The summed E-state index contributed by atoms with van der Waals surface area (Å²) in [5, 5.41) is 3.66. The highest BCUT2D eigenvalue weighted by molar-refractivity contribution is 6.42. The number of amides is 2. The Morgan fingerprint density at radius 1 is 1.12 bits per heavy atom. The van der Waals surface area contributed by atoms with Crippen molar-refractivity contribution in [2.24, 2.45) is 5.92 Å². The third kappa shape index (κ3) is 5.33. The van der Waals surface area contributed by atoms with Crippen molar-refractivity contribution in [3.63, 3.8) is 0 Å². The van der Waals surface area contributed by atoms with Crippen LogP contribution in [-0.4, -0.2) is 61.4 Å². The Balaban J connectivity index is 1.98. The molecule has 1 aromatic carbocycles. The molecule has 0 aromatic heterocycles. The van der Waals surface area contributed by atoms with Gasteiger partial charge in [0, 0.05) is 26.2 Å². The van der Waals surface area contributed by atoms with Crippen LogP contribution in [0, 0.1) is 5.92 Å². The Morgan fingerprint density at radius 2 is 1.76 bits per heavy atom. The Bertz CT molecular complexity index is 629. The van der Waals surface area contributed by atoms with Gasteiger partial charge >= 0.3 is 0 Å². The third-order valence-electron chi connectivity index (χ3n) is 4.52. The van der Waals surface area contributed by atoms with Crippen LogP contribution in [0.3, 0.4) is 0 Å². The van der Waals surface area contributed by atoms with E-state index in [9.17, 15) is 9.59 Å². The average molecular weight is 386 g/mol. The maximum absolute atomic E-state index is 12.7. The highest BCUT2D eigenvalue weighted by Gasteiger charge is 2.26. The van der Waals surface area contributed by atoms with Crippen LogP contribution in [0.1, 0.15) is 25.3 Å². The van der Waals surface area contributed by atoms with Crippen molar-refractivity contribution in [2.45, 2.75) is 19.8 Å². The summed E-state index contributed by atoms with van der Waals surface area (Å²) in [7, 11) is 2.04. The number of likely N-dealkylation sites (N-methyl/N-ethyl adjacent to an activating group) is 1. The third-order valence-corrected chi connectivity index (χ3v) is 5.26. The van der Waals surface area contributed by atoms with Crippen LogP contribution in [-0.2, 0) is 9.59 Å². The average Bonchev–Trinajstić information content (AvgIpc) is 2.56. The van der Waals surface area contributed by atoms with Gasteiger partial charge in [-0.3, -0.25) is 9.59 Å². The second-order valence-electron chi connectivity index (χ2n) is 6.80. The molecule has 1 heterocycles. The number of carbonyl (C=O) groups is 2. The number of carbonyl (C=O) groups excluding carboxylic acids is 2. The molecule has 7 heteroatoms. The van der Waals surface area contributed by atoms with Gasteiger partial charge in [-0.25, -0.2) is 0 Å². The molecule has 5 nitrogen and oxygen atoms in total. The van der Waals surface area contributed by atoms with Crippen molar-refractivity contribution >= 4 is 35.0 Å². The normalized spacial score (nSPS) is 16.8. The largest absolute Gasteiger partial charge is 0.346 e. The quantitative estimate of drug-likeness (QED) is 0.847. The molecule has 2 rings (SSSR count). The summed E-state index contributed by atoms with van der Waals surface area (Å²) in [6.45, 7) is 7.07. The van der Waals surface area contributed by atoms with Crippen molar-refractivity contribution < 1.29 is 9.59 Å². The zero-order valence-electron chi connectivity index (χ0n) is 14.9.